The van der Waals surface area contributed by atoms with Crippen molar-refractivity contribution in [2.24, 2.45) is 5.73 Å². The lowest BCUT2D eigenvalue weighted by molar-refractivity contribution is -0.133. The topological polar surface area (TPSA) is 49.6 Å². The second-order valence-corrected chi connectivity index (χ2v) is 6.20. The highest BCUT2D eigenvalue weighted by Gasteiger charge is 2.48. The molecule has 2 aliphatic rings. The SMILES string of the molecule is NC1(C(=O)N2CCCN(Cc3ccc(F)cc3)CC2)CC1. The van der Waals surface area contributed by atoms with Gasteiger partial charge in [0.05, 0.1) is 5.54 Å². The van der Waals surface area contributed by atoms with Crippen molar-refractivity contribution >= 4 is 5.91 Å². The van der Waals surface area contributed by atoms with Crippen LogP contribution in [0, 0.1) is 5.82 Å². The van der Waals surface area contributed by atoms with Gasteiger partial charge in [-0.3, -0.25) is 9.69 Å². The summed E-state index contributed by atoms with van der Waals surface area (Å²) < 4.78 is 12.9. The molecule has 0 bridgehead atoms. The zero-order valence-electron chi connectivity index (χ0n) is 12.2. The lowest BCUT2D eigenvalue weighted by Crippen LogP contribution is -2.47. The molecule has 2 N–H and O–H groups in total. The van der Waals surface area contributed by atoms with Gasteiger partial charge < -0.3 is 10.6 Å². The first-order valence-corrected chi connectivity index (χ1v) is 7.62. The van der Waals surface area contributed by atoms with Crippen molar-refractivity contribution in [1.82, 2.24) is 9.80 Å². The number of benzene rings is 1. The summed E-state index contributed by atoms with van der Waals surface area (Å²) in [6, 6.07) is 6.63. The van der Waals surface area contributed by atoms with Crippen molar-refractivity contribution in [2.45, 2.75) is 31.3 Å². The van der Waals surface area contributed by atoms with E-state index in [0.29, 0.717) is 0 Å². The van der Waals surface area contributed by atoms with Crippen LogP contribution in [-0.4, -0.2) is 47.4 Å². The number of hydrogen-bond acceptors (Lipinski definition) is 3. The second kappa shape index (κ2) is 5.73. The molecule has 0 unspecified atom stereocenters. The van der Waals surface area contributed by atoms with Crippen LogP contribution in [0.4, 0.5) is 4.39 Å². The lowest BCUT2D eigenvalue weighted by atomic mass is 10.2. The van der Waals surface area contributed by atoms with E-state index in [1.165, 1.54) is 12.1 Å². The molecule has 0 radical (unpaired) electrons. The van der Waals surface area contributed by atoms with E-state index < -0.39 is 5.54 Å². The third kappa shape index (κ3) is 3.41. The maximum absolute atomic E-state index is 12.9. The Balaban J connectivity index is 1.55. The minimum Gasteiger partial charge on any atom is -0.340 e. The summed E-state index contributed by atoms with van der Waals surface area (Å²) in [5.41, 5.74) is 6.55. The summed E-state index contributed by atoms with van der Waals surface area (Å²) in [5, 5.41) is 0. The van der Waals surface area contributed by atoms with Crippen LogP contribution in [-0.2, 0) is 11.3 Å². The predicted molar refractivity (Wildman–Crippen MR) is 79.0 cm³/mol. The Morgan fingerprint density at radius 1 is 1.14 bits per heavy atom. The molecule has 5 heteroatoms. The van der Waals surface area contributed by atoms with Crippen molar-refractivity contribution in [3.8, 4) is 0 Å². The Kier molecular flexibility index (Phi) is 3.95. The monoisotopic (exact) mass is 291 g/mol. The van der Waals surface area contributed by atoms with Gasteiger partial charge in [0.1, 0.15) is 5.82 Å². The average molecular weight is 291 g/mol. The molecule has 0 aromatic heterocycles. The fourth-order valence-corrected chi connectivity index (χ4v) is 2.84. The first-order valence-electron chi connectivity index (χ1n) is 7.62. The van der Waals surface area contributed by atoms with E-state index >= 15 is 0 Å². The quantitative estimate of drug-likeness (QED) is 0.914. The molecule has 1 saturated heterocycles. The molecule has 0 atom stereocenters. The summed E-state index contributed by atoms with van der Waals surface area (Å²) in [4.78, 5) is 16.5. The molecule has 0 spiro atoms. The van der Waals surface area contributed by atoms with Gasteiger partial charge in [0, 0.05) is 32.7 Å². The summed E-state index contributed by atoms with van der Waals surface area (Å²) in [5.74, 6) is -0.0878. The number of carbonyl (C=O) groups is 1. The third-order valence-electron chi connectivity index (χ3n) is 4.41. The molecular formula is C16H22FN3O. The van der Waals surface area contributed by atoms with Crippen LogP contribution in [0.15, 0.2) is 24.3 Å². The van der Waals surface area contributed by atoms with E-state index in [4.69, 9.17) is 5.73 Å². The van der Waals surface area contributed by atoms with Gasteiger partial charge in [-0.25, -0.2) is 4.39 Å². The van der Waals surface area contributed by atoms with Gasteiger partial charge in [-0.1, -0.05) is 12.1 Å². The highest BCUT2D eigenvalue weighted by Crippen LogP contribution is 2.34. The molecule has 1 aromatic carbocycles. The summed E-state index contributed by atoms with van der Waals surface area (Å²) in [6.07, 6.45) is 2.60. The van der Waals surface area contributed by atoms with Gasteiger partial charge in [0.2, 0.25) is 5.91 Å². The van der Waals surface area contributed by atoms with Crippen molar-refractivity contribution in [3.05, 3.63) is 35.6 Å². The highest BCUT2D eigenvalue weighted by atomic mass is 19.1. The molecular weight excluding hydrogens is 269 g/mol. The number of hydrogen-bond donors (Lipinski definition) is 1. The summed E-state index contributed by atoms with van der Waals surface area (Å²) in [6.45, 7) is 4.13. The van der Waals surface area contributed by atoms with E-state index in [9.17, 15) is 9.18 Å². The van der Waals surface area contributed by atoms with Crippen LogP contribution in [0.25, 0.3) is 0 Å². The van der Waals surface area contributed by atoms with Gasteiger partial charge in [0.25, 0.3) is 0 Å². The average Bonchev–Trinajstić information content (AvgIpc) is 3.25. The van der Waals surface area contributed by atoms with E-state index in [-0.39, 0.29) is 11.7 Å². The summed E-state index contributed by atoms with van der Waals surface area (Å²) in [7, 11) is 0. The minimum atomic E-state index is -0.563. The number of nitrogens with two attached hydrogens (primary N) is 1. The van der Waals surface area contributed by atoms with Crippen LogP contribution in [0.3, 0.4) is 0 Å². The number of halogens is 1. The van der Waals surface area contributed by atoms with Gasteiger partial charge >= 0.3 is 0 Å². The fourth-order valence-electron chi connectivity index (χ4n) is 2.84. The van der Waals surface area contributed by atoms with Gasteiger partial charge in [-0.05, 0) is 37.0 Å². The maximum atomic E-state index is 12.9. The molecule has 1 aliphatic heterocycles. The highest BCUT2D eigenvalue weighted by molar-refractivity contribution is 5.89. The predicted octanol–water partition coefficient (Wildman–Crippen LogP) is 1.35. The van der Waals surface area contributed by atoms with Crippen molar-refractivity contribution in [1.29, 1.82) is 0 Å². The van der Waals surface area contributed by atoms with Gasteiger partial charge in [-0.2, -0.15) is 0 Å². The standard InChI is InChI=1S/C16H22FN3O/c17-14-4-2-13(3-5-14)12-19-8-1-9-20(11-10-19)15(21)16(18)6-7-16/h2-5H,1,6-12,18H2. The Hall–Kier alpha value is -1.46. The van der Waals surface area contributed by atoms with Crippen molar-refractivity contribution < 1.29 is 9.18 Å². The normalized spacial score (nSPS) is 21.9. The van der Waals surface area contributed by atoms with Crippen molar-refractivity contribution in [2.75, 3.05) is 26.2 Å². The summed E-state index contributed by atoms with van der Waals surface area (Å²) >= 11 is 0. The van der Waals surface area contributed by atoms with E-state index in [2.05, 4.69) is 4.90 Å². The van der Waals surface area contributed by atoms with Crippen molar-refractivity contribution in [3.63, 3.8) is 0 Å². The molecule has 1 aromatic rings. The smallest absolute Gasteiger partial charge is 0.242 e. The van der Waals surface area contributed by atoms with E-state index in [1.807, 2.05) is 17.0 Å². The molecule has 114 valence electrons. The molecule has 1 heterocycles. The molecule has 1 aliphatic carbocycles. The molecule has 4 nitrogen and oxygen atoms in total. The van der Waals surface area contributed by atoms with Gasteiger partial charge in [0.15, 0.2) is 0 Å². The molecule has 2 fully saturated rings. The number of rotatable bonds is 3. The van der Waals surface area contributed by atoms with Crippen LogP contribution in [0.1, 0.15) is 24.8 Å². The largest absolute Gasteiger partial charge is 0.340 e. The minimum absolute atomic E-state index is 0.117. The van der Waals surface area contributed by atoms with Gasteiger partial charge in [-0.15, -0.1) is 0 Å². The zero-order chi connectivity index (χ0) is 14.9. The second-order valence-electron chi connectivity index (χ2n) is 6.20. The molecule has 21 heavy (non-hydrogen) atoms. The number of amides is 1. The maximum Gasteiger partial charge on any atom is 0.242 e. The zero-order valence-corrected chi connectivity index (χ0v) is 12.2. The van der Waals surface area contributed by atoms with E-state index in [1.54, 1.807) is 0 Å². The molecule has 1 amide bonds. The van der Waals surface area contributed by atoms with Crippen LogP contribution >= 0.6 is 0 Å². The molecule has 1 saturated carbocycles. The fraction of sp³-hybridized carbons (Fsp3) is 0.562. The van der Waals surface area contributed by atoms with Crippen LogP contribution < -0.4 is 5.73 Å². The number of nitrogens with zero attached hydrogens (tertiary/aromatic N) is 2. The first kappa shape index (κ1) is 14.5. The Labute approximate surface area is 124 Å². The lowest BCUT2D eigenvalue weighted by Gasteiger charge is -2.24. The van der Waals surface area contributed by atoms with Crippen LogP contribution in [0.2, 0.25) is 0 Å². The Morgan fingerprint density at radius 3 is 2.52 bits per heavy atom. The Bertz CT molecular complexity index is 513. The Morgan fingerprint density at radius 2 is 1.86 bits per heavy atom. The molecule has 3 rings (SSSR count). The van der Waals surface area contributed by atoms with E-state index in [0.717, 1.165) is 57.5 Å². The number of carbonyl (C=O) groups excluding carboxylic acids is 1. The first-order chi connectivity index (χ1) is 10.1. The third-order valence-corrected chi connectivity index (χ3v) is 4.41. The van der Waals surface area contributed by atoms with Crippen LogP contribution in [0.5, 0.6) is 0 Å².